The van der Waals surface area contributed by atoms with Crippen LogP contribution in [0.1, 0.15) is 26.2 Å². The number of rotatable bonds is 4. The highest BCUT2D eigenvalue weighted by molar-refractivity contribution is 9.10. The molecule has 1 fully saturated rings. The second-order valence-corrected chi connectivity index (χ2v) is 6.95. The maximum Gasteiger partial charge on any atom is 0.107 e. The van der Waals surface area contributed by atoms with Gasteiger partial charge in [0.15, 0.2) is 0 Å². The highest BCUT2D eigenvalue weighted by Crippen LogP contribution is 2.40. The topological polar surface area (TPSA) is 35.8 Å². The zero-order valence-corrected chi connectivity index (χ0v) is 12.9. The molecule has 0 heterocycles. The maximum absolute atomic E-state index is 9.35. The van der Waals surface area contributed by atoms with Gasteiger partial charge in [0, 0.05) is 14.6 Å². The van der Waals surface area contributed by atoms with Crippen molar-refractivity contribution in [2.75, 3.05) is 6.54 Å². The average molecular weight is 325 g/mol. The van der Waals surface area contributed by atoms with Crippen molar-refractivity contribution in [2.45, 2.75) is 41.9 Å². The van der Waals surface area contributed by atoms with E-state index in [9.17, 15) is 5.26 Å². The average Bonchev–Trinajstić information content (AvgIpc) is 2.74. The molecule has 1 N–H and O–H groups in total. The first kappa shape index (κ1) is 13.9. The highest BCUT2D eigenvalue weighted by atomic mass is 79.9. The molecule has 2 atom stereocenters. The minimum absolute atomic E-state index is 0.293. The summed E-state index contributed by atoms with van der Waals surface area (Å²) in [6.45, 7) is 2.93. The molecule has 0 aliphatic heterocycles. The Hall–Kier alpha value is -0.500. The predicted octanol–water partition coefficient (Wildman–Crippen LogP) is 3.97. The molecule has 1 aromatic rings. The van der Waals surface area contributed by atoms with Crippen LogP contribution in [0.15, 0.2) is 33.6 Å². The molecule has 0 amide bonds. The van der Waals surface area contributed by atoms with Crippen molar-refractivity contribution in [3.05, 3.63) is 28.7 Å². The molecule has 0 radical (unpaired) electrons. The lowest BCUT2D eigenvalue weighted by atomic mass is 10.0. The zero-order valence-electron chi connectivity index (χ0n) is 10.4. The highest BCUT2D eigenvalue weighted by Gasteiger charge is 2.39. The summed E-state index contributed by atoms with van der Waals surface area (Å²) in [5, 5.41) is 13.2. The van der Waals surface area contributed by atoms with Crippen LogP contribution in [0.25, 0.3) is 0 Å². The first-order valence-electron chi connectivity index (χ1n) is 6.26. The lowest BCUT2D eigenvalue weighted by Crippen LogP contribution is -2.41. The summed E-state index contributed by atoms with van der Waals surface area (Å²) in [6, 6.07) is 10.8. The van der Waals surface area contributed by atoms with Gasteiger partial charge in [-0.3, -0.25) is 5.32 Å². The molecule has 1 saturated carbocycles. The predicted molar refractivity (Wildman–Crippen MR) is 79.7 cm³/mol. The summed E-state index contributed by atoms with van der Waals surface area (Å²) in [7, 11) is 0. The zero-order chi connectivity index (χ0) is 13.0. The van der Waals surface area contributed by atoms with Crippen LogP contribution >= 0.6 is 27.7 Å². The summed E-state index contributed by atoms with van der Waals surface area (Å²) in [4.78, 5) is 1.28. The first-order chi connectivity index (χ1) is 8.67. The Morgan fingerprint density at radius 2 is 2.44 bits per heavy atom. The van der Waals surface area contributed by atoms with Crippen LogP contribution in [-0.2, 0) is 0 Å². The van der Waals surface area contributed by atoms with E-state index in [-0.39, 0.29) is 5.54 Å². The number of nitrogens with one attached hydrogen (secondary N) is 1. The molecular formula is C14H17BrN2S. The van der Waals surface area contributed by atoms with Gasteiger partial charge in [-0.1, -0.05) is 28.9 Å². The van der Waals surface area contributed by atoms with E-state index >= 15 is 0 Å². The summed E-state index contributed by atoms with van der Waals surface area (Å²) in [5.41, 5.74) is -0.293. The summed E-state index contributed by atoms with van der Waals surface area (Å²) in [5.74, 6) is 0. The van der Waals surface area contributed by atoms with Crippen molar-refractivity contribution < 1.29 is 0 Å². The number of benzene rings is 1. The minimum atomic E-state index is -0.293. The Labute approximate surface area is 121 Å². The first-order valence-corrected chi connectivity index (χ1v) is 7.93. The fourth-order valence-electron chi connectivity index (χ4n) is 2.47. The number of hydrogen-bond donors (Lipinski definition) is 1. The summed E-state index contributed by atoms with van der Waals surface area (Å²) in [6.07, 6.45) is 3.01. The molecule has 4 heteroatoms. The van der Waals surface area contributed by atoms with E-state index in [1.54, 1.807) is 0 Å². The molecule has 1 aliphatic carbocycles. The molecule has 2 rings (SSSR count). The Bertz CT molecular complexity index is 457. The lowest BCUT2D eigenvalue weighted by molar-refractivity contribution is 0.436. The van der Waals surface area contributed by atoms with Gasteiger partial charge in [0.1, 0.15) is 5.54 Å². The standard InChI is InChI=1S/C14H17BrN2S/c1-2-17-14(10-16)7-6-13(9-14)18-12-5-3-4-11(15)8-12/h3-5,8,13,17H,2,6-7,9H2,1H3. The summed E-state index contributed by atoms with van der Waals surface area (Å²) >= 11 is 5.38. The molecule has 0 bridgehead atoms. The van der Waals surface area contributed by atoms with Gasteiger partial charge in [-0.05, 0) is 44.0 Å². The minimum Gasteiger partial charge on any atom is -0.300 e. The molecule has 2 nitrogen and oxygen atoms in total. The third-order valence-electron chi connectivity index (χ3n) is 3.30. The van der Waals surface area contributed by atoms with Crippen molar-refractivity contribution in [2.24, 2.45) is 0 Å². The van der Waals surface area contributed by atoms with Crippen LogP contribution < -0.4 is 5.32 Å². The molecular weight excluding hydrogens is 308 g/mol. The normalized spacial score (nSPS) is 27.1. The van der Waals surface area contributed by atoms with Crippen molar-refractivity contribution in [3.8, 4) is 6.07 Å². The van der Waals surface area contributed by atoms with Crippen LogP contribution in [0.4, 0.5) is 0 Å². The van der Waals surface area contributed by atoms with Crippen molar-refractivity contribution >= 4 is 27.7 Å². The third-order valence-corrected chi connectivity index (χ3v) is 5.05. The smallest absolute Gasteiger partial charge is 0.107 e. The van der Waals surface area contributed by atoms with Gasteiger partial charge in [0.25, 0.3) is 0 Å². The molecule has 2 unspecified atom stereocenters. The molecule has 0 aromatic heterocycles. The molecule has 0 saturated heterocycles. The van der Waals surface area contributed by atoms with Gasteiger partial charge in [-0.25, -0.2) is 0 Å². The quantitative estimate of drug-likeness (QED) is 0.910. The molecule has 96 valence electrons. The maximum atomic E-state index is 9.35. The Morgan fingerprint density at radius 3 is 3.11 bits per heavy atom. The van der Waals surface area contributed by atoms with E-state index in [0.717, 1.165) is 30.3 Å². The lowest BCUT2D eigenvalue weighted by Gasteiger charge is -2.21. The van der Waals surface area contributed by atoms with E-state index in [4.69, 9.17) is 0 Å². The van der Waals surface area contributed by atoms with Crippen molar-refractivity contribution in [3.63, 3.8) is 0 Å². The SMILES string of the molecule is CCNC1(C#N)CCC(Sc2cccc(Br)c2)C1. The van der Waals surface area contributed by atoms with Gasteiger partial charge in [0.2, 0.25) is 0 Å². The second-order valence-electron chi connectivity index (χ2n) is 4.66. The van der Waals surface area contributed by atoms with Crippen LogP contribution in [0.5, 0.6) is 0 Å². The van der Waals surface area contributed by atoms with Crippen LogP contribution in [0.2, 0.25) is 0 Å². The summed E-state index contributed by atoms with van der Waals surface area (Å²) < 4.78 is 1.11. The fourth-order valence-corrected chi connectivity index (χ4v) is 4.36. The van der Waals surface area contributed by atoms with Crippen molar-refractivity contribution in [1.29, 1.82) is 5.26 Å². The number of nitrogens with zero attached hydrogens (tertiary/aromatic N) is 1. The number of hydrogen-bond acceptors (Lipinski definition) is 3. The van der Waals surface area contributed by atoms with Crippen LogP contribution in [0, 0.1) is 11.3 Å². The van der Waals surface area contributed by atoms with Gasteiger partial charge in [0.05, 0.1) is 6.07 Å². The molecule has 1 aliphatic rings. The Kier molecular flexibility index (Phi) is 4.71. The third kappa shape index (κ3) is 3.28. The van der Waals surface area contributed by atoms with Gasteiger partial charge in [-0.2, -0.15) is 5.26 Å². The molecule has 1 aromatic carbocycles. The number of nitriles is 1. The Balaban J connectivity index is 1.99. The van der Waals surface area contributed by atoms with Crippen LogP contribution in [0.3, 0.4) is 0 Å². The second kappa shape index (κ2) is 6.10. The van der Waals surface area contributed by atoms with E-state index in [2.05, 4.69) is 52.4 Å². The van der Waals surface area contributed by atoms with E-state index < -0.39 is 0 Å². The number of halogens is 1. The van der Waals surface area contributed by atoms with Gasteiger partial charge < -0.3 is 0 Å². The Morgan fingerprint density at radius 1 is 1.61 bits per heavy atom. The van der Waals surface area contributed by atoms with Gasteiger partial charge in [-0.15, -0.1) is 11.8 Å². The van der Waals surface area contributed by atoms with E-state index in [0.29, 0.717) is 5.25 Å². The van der Waals surface area contributed by atoms with Gasteiger partial charge >= 0.3 is 0 Å². The van der Waals surface area contributed by atoms with Crippen LogP contribution in [-0.4, -0.2) is 17.3 Å². The van der Waals surface area contributed by atoms with E-state index in [1.165, 1.54) is 4.90 Å². The fraction of sp³-hybridized carbons (Fsp3) is 0.500. The molecule has 0 spiro atoms. The van der Waals surface area contributed by atoms with E-state index in [1.807, 2.05) is 17.8 Å². The molecule has 18 heavy (non-hydrogen) atoms. The van der Waals surface area contributed by atoms with Crippen molar-refractivity contribution in [1.82, 2.24) is 5.32 Å². The monoisotopic (exact) mass is 324 g/mol. The number of thioether (sulfide) groups is 1. The largest absolute Gasteiger partial charge is 0.300 e.